The normalized spacial score (nSPS) is 11.9. The van der Waals surface area contributed by atoms with E-state index in [1.54, 1.807) is 19.1 Å². The molecular formula is C18H17FN4OS. The highest BCUT2D eigenvalue weighted by atomic mass is 32.2. The second kappa shape index (κ2) is 7.94. The Balaban J connectivity index is 1.54. The highest BCUT2D eigenvalue weighted by molar-refractivity contribution is 8.00. The van der Waals surface area contributed by atoms with Gasteiger partial charge in [-0.2, -0.15) is 0 Å². The van der Waals surface area contributed by atoms with Crippen LogP contribution in [0.2, 0.25) is 0 Å². The summed E-state index contributed by atoms with van der Waals surface area (Å²) in [5.41, 5.74) is 1.78. The Kier molecular flexibility index (Phi) is 5.45. The van der Waals surface area contributed by atoms with E-state index in [-0.39, 0.29) is 17.0 Å². The van der Waals surface area contributed by atoms with Crippen molar-refractivity contribution in [1.82, 2.24) is 20.5 Å². The number of nitrogens with one attached hydrogen (secondary N) is 2. The Morgan fingerprint density at radius 3 is 2.64 bits per heavy atom. The van der Waals surface area contributed by atoms with E-state index in [0.29, 0.717) is 17.5 Å². The van der Waals surface area contributed by atoms with Crippen molar-refractivity contribution in [3.05, 3.63) is 66.0 Å². The first-order valence-corrected chi connectivity index (χ1v) is 8.66. The standard InChI is InChI=1S/C18H17FN4OS/c1-12(17(24)20-11-13-7-9-15(19)10-8-13)25-18-21-16(22-23-18)14-5-3-2-4-6-14/h2-10,12H,11H2,1H3,(H,20,24)(H,21,22,23)/t12-/m0/s1. The summed E-state index contributed by atoms with van der Waals surface area (Å²) in [7, 11) is 0. The zero-order valence-corrected chi connectivity index (χ0v) is 14.4. The lowest BCUT2D eigenvalue weighted by Crippen LogP contribution is -2.30. The average molecular weight is 356 g/mol. The summed E-state index contributed by atoms with van der Waals surface area (Å²) in [6, 6.07) is 15.7. The van der Waals surface area contributed by atoms with Crippen LogP contribution < -0.4 is 5.32 Å². The van der Waals surface area contributed by atoms with Crippen molar-refractivity contribution in [2.75, 3.05) is 0 Å². The summed E-state index contributed by atoms with van der Waals surface area (Å²) in [5, 5.41) is 10.0. The molecule has 1 heterocycles. The lowest BCUT2D eigenvalue weighted by molar-refractivity contribution is -0.120. The van der Waals surface area contributed by atoms with Gasteiger partial charge in [0.2, 0.25) is 11.1 Å². The molecule has 0 aliphatic heterocycles. The number of hydrogen-bond acceptors (Lipinski definition) is 4. The van der Waals surface area contributed by atoms with Crippen molar-refractivity contribution in [3.63, 3.8) is 0 Å². The van der Waals surface area contributed by atoms with Crippen LogP contribution in [0, 0.1) is 5.82 Å². The molecule has 0 aliphatic rings. The Morgan fingerprint density at radius 2 is 1.92 bits per heavy atom. The summed E-state index contributed by atoms with van der Waals surface area (Å²) in [4.78, 5) is 16.6. The number of benzene rings is 2. The molecule has 0 bridgehead atoms. The minimum Gasteiger partial charge on any atom is -0.351 e. The van der Waals surface area contributed by atoms with E-state index in [4.69, 9.17) is 0 Å². The fourth-order valence-corrected chi connectivity index (χ4v) is 2.92. The molecule has 0 radical (unpaired) electrons. The van der Waals surface area contributed by atoms with Crippen LogP contribution in [0.15, 0.2) is 59.8 Å². The van der Waals surface area contributed by atoms with Gasteiger partial charge < -0.3 is 5.32 Å². The van der Waals surface area contributed by atoms with Gasteiger partial charge in [0.15, 0.2) is 5.82 Å². The number of thioether (sulfide) groups is 1. The van der Waals surface area contributed by atoms with Crippen LogP contribution in [0.4, 0.5) is 4.39 Å². The van der Waals surface area contributed by atoms with Crippen LogP contribution in [0.25, 0.3) is 11.4 Å². The quantitative estimate of drug-likeness (QED) is 0.664. The van der Waals surface area contributed by atoms with E-state index in [0.717, 1.165) is 11.1 Å². The van der Waals surface area contributed by atoms with Gasteiger partial charge in [-0.25, -0.2) is 9.37 Å². The first kappa shape index (κ1) is 17.2. The maximum atomic E-state index is 12.9. The smallest absolute Gasteiger partial charge is 0.233 e. The minimum atomic E-state index is -0.347. The molecule has 0 unspecified atom stereocenters. The Bertz CT molecular complexity index is 836. The number of nitrogens with zero attached hydrogens (tertiary/aromatic N) is 2. The van der Waals surface area contributed by atoms with E-state index in [2.05, 4.69) is 20.5 Å². The highest BCUT2D eigenvalue weighted by Crippen LogP contribution is 2.22. The molecule has 3 aromatic rings. The maximum Gasteiger partial charge on any atom is 0.233 e. The first-order chi connectivity index (χ1) is 12.1. The molecule has 5 nitrogen and oxygen atoms in total. The van der Waals surface area contributed by atoms with Crippen LogP contribution in [0.1, 0.15) is 12.5 Å². The molecule has 3 rings (SSSR count). The molecule has 1 aromatic heterocycles. The third-order valence-electron chi connectivity index (χ3n) is 3.54. The number of H-pyrrole nitrogens is 1. The number of carbonyl (C=O) groups is 1. The van der Waals surface area contributed by atoms with E-state index in [1.807, 2.05) is 30.3 Å². The summed E-state index contributed by atoms with van der Waals surface area (Å²) in [6.45, 7) is 2.15. The van der Waals surface area contributed by atoms with Gasteiger partial charge in [-0.05, 0) is 24.6 Å². The van der Waals surface area contributed by atoms with Crippen molar-refractivity contribution in [2.45, 2.75) is 23.9 Å². The van der Waals surface area contributed by atoms with Crippen molar-refractivity contribution >= 4 is 17.7 Å². The molecule has 0 saturated carbocycles. The van der Waals surface area contributed by atoms with Crippen LogP contribution in [0.5, 0.6) is 0 Å². The number of aromatic nitrogens is 3. The van der Waals surface area contributed by atoms with Crippen LogP contribution in [-0.4, -0.2) is 26.3 Å². The number of halogens is 1. The van der Waals surface area contributed by atoms with Gasteiger partial charge in [0.1, 0.15) is 5.82 Å². The van der Waals surface area contributed by atoms with Crippen molar-refractivity contribution in [3.8, 4) is 11.4 Å². The molecule has 0 fully saturated rings. The number of rotatable bonds is 6. The predicted octanol–water partition coefficient (Wildman–Crippen LogP) is 3.41. The second-order valence-corrected chi connectivity index (χ2v) is 6.74. The monoisotopic (exact) mass is 356 g/mol. The third kappa shape index (κ3) is 4.67. The fraction of sp³-hybridized carbons (Fsp3) is 0.167. The van der Waals surface area contributed by atoms with E-state index in [9.17, 15) is 9.18 Å². The molecule has 2 N–H and O–H groups in total. The fourth-order valence-electron chi connectivity index (χ4n) is 2.17. The largest absolute Gasteiger partial charge is 0.351 e. The van der Waals surface area contributed by atoms with Crippen molar-refractivity contribution in [1.29, 1.82) is 0 Å². The average Bonchev–Trinajstić information content (AvgIpc) is 3.10. The van der Waals surface area contributed by atoms with Crippen LogP contribution in [-0.2, 0) is 11.3 Å². The predicted molar refractivity (Wildman–Crippen MR) is 95.4 cm³/mol. The van der Waals surface area contributed by atoms with Crippen molar-refractivity contribution in [2.24, 2.45) is 0 Å². The summed E-state index contributed by atoms with van der Waals surface area (Å²) in [5.74, 6) is 0.250. The van der Waals surface area contributed by atoms with Gasteiger partial charge in [-0.3, -0.25) is 9.89 Å². The van der Waals surface area contributed by atoms with Crippen molar-refractivity contribution < 1.29 is 9.18 Å². The number of hydrogen-bond donors (Lipinski definition) is 2. The van der Waals surface area contributed by atoms with Crippen LogP contribution in [0.3, 0.4) is 0 Å². The topological polar surface area (TPSA) is 70.7 Å². The van der Waals surface area contributed by atoms with Gasteiger partial charge in [0.25, 0.3) is 0 Å². The molecule has 0 spiro atoms. The Morgan fingerprint density at radius 1 is 1.20 bits per heavy atom. The number of amides is 1. The molecule has 25 heavy (non-hydrogen) atoms. The van der Waals surface area contributed by atoms with Gasteiger partial charge >= 0.3 is 0 Å². The minimum absolute atomic E-state index is 0.125. The lowest BCUT2D eigenvalue weighted by atomic mass is 10.2. The Hall–Kier alpha value is -2.67. The van der Waals surface area contributed by atoms with Gasteiger partial charge in [-0.1, -0.05) is 54.2 Å². The highest BCUT2D eigenvalue weighted by Gasteiger charge is 2.17. The second-order valence-electron chi connectivity index (χ2n) is 5.44. The van der Waals surface area contributed by atoms with Gasteiger partial charge in [0, 0.05) is 12.1 Å². The summed E-state index contributed by atoms with van der Waals surface area (Å²) < 4.78 is 12.9. The molecule has 7 heteroatoms. The van der Waals surface area contributed by atoms with E-state index >= 15 is 0 Å². The SMILES string of the molecule is C[C@H](Sc1n[nH]c(-c2ccccc2)n1)C(=O)NCc1ccc(F)cc1. The molecule has 0 saturated heterocycles. The first-order valence-electron chi connectivity index (χ1n) is 7.78. The maximum absolute atomic E-state index is 12.9. The number of carbonyl (C=O) groups excluding carboxylic acids is 1. The van der Waals surface area contributed by atoms with Gasteiger partial charge in [-0.15, -0.1) is 5.10 Å². The molecule has 1 amide bonds. The molecular weight excluding hydrogens is 339 g/mol. The Labute approximate surface area is 149 Å². The van der Waals surface area contributed by atoms with E-state index in [1.165, 1.54) is 23.9 Å². The van der Waals surface area contributed by atoms with Crippen LogP contribution >= 0.6 is 11.8 Å². The summed E-state index contributed by atoms with van der Waals surface area (Å²) in [6.07, 6.45) is 0. The lowest BCUT2D eigenvalue weighted by Gasteiger charge is -2.10. The molecule has 1 atom stereocenters. The third-order valence-corrected chi connectivity index (χ3v) is 4.50. The zero-order valence-electron chi connectivity index (χ0n) is 13.6. The number of aromatic amines is 1. The molecule has 2 aromatic carbocycles. The zero-order chi connectivity index (χ0) is 17.6. The van der Waals surface area contributed by atoms with E-state index < -0.39 is 0 Å². The summed E-state index contributed by atoms with van der Waals surface area (Å²) >= 11 is 1.28. The molecule has 0 aliphatic carbocycles. The molecule has 128 valence electrons. The van der Waals surface area contributed by atoms with Gasteiger partial charge in [0.05, 0.1) is 5.25 Å².